The predicted molar refractivity (Wildman–Crippen MR) is 80.0 cm³/mol. The van der Waals surface area contributed by atoms with E-state index in [1.54, 1.807) is 7.05 Å². The number of rotatable bonds is 3. The molecule has 21 heavy (non-hydrogen) atoms. The van der Waals surface area contributed by atoms with Crippen LogP contribution in [0, 0.1) is 29.4 Å². The number of hydrogen-bond acceptors (Lipinski definition) is 1. The topological polar surface area (TPSA) is 20.3 Å². The first-order valence-corrected chi connectivity index (χ1v) is 8.15. The maximum atomic E-state index is 13.9. The molecule has 0 saturated heterocycles. The fourth-order valence-electron chi connectivity index (χ4n) is 3.97. The Bertz CT molecular complexity index is 554. The van der Waals surface area contributed by atoms with Gasteiger partial charge in [-0.25, -0.2) is 8.78 Å². The Morgan fingerprint density at radius 2 is 1.95 bits per heavy atom. The van der Waals surface area contributed by atoms with Crippen molar-refractivity contribution in [1.82, 2.24) is 4.90 Å². The molecule has 3 rings (SSSR count). The first kappa shape index (κ1) is 14.9. The Balaban J connectivity index is 1.73. The van der Waals surface area contributed by atoms with Crippen LogP contribution in [0.5, 0.6) is 0 Å². The molecule has 2 bridgehead atoms. The number of benzene rings is 1. The van der Waals surface area contributed by atoms with E-state index < -0.39 is 23.1 Å². The maximum absolute atomic E-state index is 13.9. The second-order valence-corrected chi connectivity index (χ2v) is 7.28. The summed E-state index contributed by atoms with van der Waals surface area (Å²) in [6.45, 7) is 0.592. The number of fused-ring (bicyclic) bond motifs is 2. The molecular weight excluding hydrogens is 340 g/mol. The van der Waals surface area contributed by atoms with Gasteiger partial charge in [-0.1, -0.05) is 22.4 Å². The van der Waals surface area contributed by atoms with Gasteiger partial charge in [0.25, 0.3) is 5.91 Å². The van der Waals surface area contributed by atoms with Crippen LogP contribution in [0.1, 0.15) is 36.0 Å². The van der Waals surface area contributed by atoms with Gasteiger partial charge in [-0.15, -0.1) is 0 Å². The van der Waals surface area contributed by atoms with Crippen LogP contribution in [0.25, 0.3) is 0 Å². The van der Waals surface area contributed by atoms with Crippen LogP contribution < -0.4 is 0 Å². The van der Waals surface area contributed by atoms with Gasteiger partial charge in [-0.3, -0.25) is 4.79 Å². The largest absolute Gasteiger partial charge is 0.341 e. The van der Waals surface area contributed by atoms with Gasteiger partial charge in [-0.2, -0.15) is 0 Å². The molecule has 1 aromatic rings. The summed E-state index contributed by atoms with van der Waals surface area (Å²) < 4.78 is 28.0. The van der Waals surface area contributed by atoms with Crippen molar-refractivity contribution >= 4 is 21.8 Å². The van der Waals surface area contributed by atoms with Crippen LogP contribution in [0.2, 0.25) is 0 Å². The summed E-state index contributed by atoms with van der Waals surface area (Å²) in [6, 6.07) is 2.25. The third-order valence-electron chi connectivity index (χ3n) is 4.96. The van der Waals surface area contributed by atoms with Crippen LogP contribution in [0.4, 0.5) is 8.78 Å². The van der Waals surface area contributed by atoms with Crippen molar-refractivity contribution < 1.29 is 13.6 Å². The molecule has 2 fully saturated rings. The van der Waals surface area contributed by atoms with Crippen molar-refractivity contribution in [3.63, 3.8) is 0 Å². The van der Waals surface area contributed by atoms with Crippen LogP contribution in [-0.4, -0.2) is 24.4 Å². The lowest BCUT2D eigenvalue weighted by molar-refractivity contribution is 0.0744. The van der Waals surface area contributed by atoms with Crippen molar-refractivity contribution in [3.8, 4) is 0 Å². The van der Waals surface area contributed by atoms with Gasteiger partial charge >= 0.3 is 0 Å². The van der Waals surface area contributed by atoms with Gasteiger partial charge < -0.3 is 4.90 Å². The van der Waals surface area contributed by atoms with Gasteiger partial charge in [0.2, 0.25) is 0 Å². The molecule has 114 valence electrons. The standard InChI is InChI=1S/C16H18BrF2NO/c1-20(8-11-5-9-2-3-10(11)4-9)16(21)15-13(18)6-12(17)7-14(15)19/h6-7,9-11H,2-5,8H2,1H3. The number of carbonyl (C=O) groups excluding carboxylic acids is 1. The van der Waals surface area contributed by atoms with Crippen LogP contribution >= 0.6 is 15.9 Å². The number of hydrogen-bond donors (Lipinski definition) is 0. The van der Waals surface area contributed by atoms with Crippen molar-refractivity contribution in [1.29, 1.82) is 0 Å². The molecule has 2 aliphatic rings. The lowest BCUT2D eigenvalue weighted by Gasteiger charge is -2.27. The van der Waals surface area contributed by atoms with Crippen LogP contribution in [0.15, 0.2) is 16.6 Å². The highest BCUT2D eigenvalue weighted by molar-refractivity contribution is 9.10. The fourth-order valence-corrected chi connectivity index (χ4v) is 4.37. The molecule has 1 amide bonds. The highest BCUT2D eigenvalue weighted by Gasteiger charge is 2.40. The van der Waals surface area contributed by atoms with Gasteiger partial charge in [0.05, 0.1) is 0 Å². The maximum Gasteiger partial charge on any atom is 0.259 e. The van der Waals surface area contributed by atoms with Crippen LogP contribution in [-0.2, 0) is 0 Å². The highest BCUT2D eigenvalue weighted by Crippen LogP contribution is 2.48. The zero-order valence-electron chi connectivity index (χ0n) is 11.9. The first-order valence-electron chi connectivity index (χ1n) is 7.35. The smallest absolute Gasteiger partial charge is 0.259 e. The summed E-state index contributed by atoms with van der Waals surface area (Å²) in [4.78, 5) is 13.8. The third kappa shape index (κ3) is 2.85. The molecule has 0 radical (unpaired) electrons. The SMILES string of the molecule is CN(CC1CC2CCC1C2)C(=O)c1c(F)cc(Br)cc1F. The van der Waals surface area contributed by atoms with Gasteiger partial charge in [0, 0.05) is 18.1 Å². The molecule has 0 aromatic heterocycles. The molecule has 2 nitrogen and oxygen atoms in total. The second-order valence-electron chi connectivity index (χ2n) is 6.37. The fraction of sp³-hybridized carbons (Fsp3) is 0.562. The number of amides is 1. The normalized spacial score (nSPS) is 27.1. The van der Waals surface area contributed by atoms with E-state index in [9.17, 15) is 13.6 Å². The Labute approximate surface area is 131 Å². The average molecular weight is 358 g/mol. The van der Waals surface area contributed by atoms with E-state index >= 15 is 0 Å². The monoisotopic (exact) mass is 357 g/mol. The summed E-state index contributed by atoms with van der Waals surface area (Å²) in [6.07, 6.45) is 4.94. The number of carbonyl (C=O) groups is 1. The summed E-state index contributed by atoms with van der Waals surface area (Å²) in [7, 11) is 1.63. The highest BCUT2D eigenvalue weighted by atomic mass is 79.9. The van der Waals surface area contributed by atoms with Gasteiger partial charge in [0.15, 0.2) is 0 Å². The zero-order chi connectivity index (χ0) is 15.1. The first-order chi connectivity index (χ1) is 9.95. The quantitative estimate of drug-likeness (QED) is 0.792. The summed E-state index contributed by atoms with van der Waals surface area (Å²) in [5.74, 6) is -0.229. The molecule has 3 atom stereocenters. The Kier molecular flexibility index (Phi) is 4.04. The van der Waals surface area contributed by atoms with E-state index in [1.807, 2.05) is 0 Å². The molecule has 0 spiro atoms. The van der Waals surface area contributed by atoms with Crippen molar-refractivity contribution in [2.24, 2.45) is 17.8 Å². The summed E-state index contributed by atoms with van der Waals surface area (Å²) in [5.41, 5.74) is -0.455. The Morgan fingerprint density at radius 3 is 2.48 bits per heavy atom. The zero-order valence-corrected chi connectivity index (χ0v) is 13.5. The number of nitrogens with zero attached hydrogens (tertiary/aromatic N) is 1. The van der Waals surface area contributed by atoms with Crippen molar-refractivity contribution in [2.75, 3.05) is 13.6 Å². The van der Waals surface area contributed by atoms with E-state index in [1.165, 1.54) is 24.2 Å². The third-order valence-corrected chi connectivity index (χ3v) is 5.42. The number of halogens is 3. The van der Waals surface area contributed by atoms with Gasteiger partial charge in [-0.05, 0) is 49.1 Å². The molecule has 0 N–H and O–H groups in total. The van der Waals surface area contributed by atoms with E-state index in [4.69, 9.17) is 0 Å². The molecule has 5 heteroatoms. The van der Waals surface area contributed by atoms with Crippen LogP contribution in [0.3, 0.4) is 0 Å². The molecule has 2 saturated carbocycles. The minimum Gasteiger partial charge on any atom is -0.341 e. The van der Waals surface area contributed by atoms with E-state index in [-0.39, 0.29) is 0 Å². The lowest BCUT2D eigenvalue weighted by Crippen LogP contribution is -2.34. The molecule has 0 heterocycles. The molecule has 0 aliphatic heterocycles. The minimum atomic E-state index is -0.813. The van der Waals surface area contributed by atoms with Crippen molar-refractivity contribution in [2.45, 2.75) is 25.7 Å². The minimum absolute atomic E-state index is 0.296. The molecular formula is C16H18BrF2NO. The average Bonchev–Trinajstić information content (AvgIpc) is 2.99. The lowest BCUT2D eigenvalue weighted by atomic mass is 9.88. The van der Waals surface area contributed by atoms with E-state index in [0.717, 1.165) is 24.5 Å². The van der Waals surface area contributed by atoms with E-state index in [0.29, 0.717) is 22.9 Å². The Hall–Kier alpha value is -0.970. The summed E-state index contributed by atoms with van der Waals surface area (Å²) >= 11 is 3.02. The Morgan fingerprint density at radius 1 is 1.29 bits per heavy atom. The summed E-state index contributed by atoms with van der Waals surface area (Å²) in [5, 5.41) is 0. The van der Waals surface area contributed by atoms with Gasteiger partial charge in [0.1, 0.15) is 17.2 Å². The molecule has 2 aliphatic carbocycles. The molecule has 3 unspecified atom stereocenters. The van der Waals surface area contributed by atoms with E-state index in [2.05, 4.69) is 15.9 Å². The molecule has 1 aromatic carbocycles. The van der Waals surface area contributed by atoms with Crippen molar-refractivity contribution in [3.05, 3.63) is 33.8 Å². The second kappa shape index (κ2) is 5.67. The predicted octanol–water partition coefficient (Wildman–Crippen LogP) is 4.24.